The normalized spacial score (nSPS) is 10.3. The molecule has 1 aromatic heterocycles. The molecule has 0 bridgehead atoms. The highest BCUT2D eigenvalue weighted by Crippen LogP contribution is 2.13. The quantitative estimate of drug-likeness (QED) is 0.843. The molecule has 0 saturated heterocycles. The summed E-state index contributed by atoms with van der Waals surface area (Å²) >= 11 is 11.0. The number of Topliss-reactive ketones (excluding diaryl/α,β-unsaturated/α-hetero) is 1. The van der Waals surface area contributed by atoms with Gasteiger partial charge in [-0.15, -0.1) is 0 Å². The number of halogens is 1. The minimum atomic E-state index is -0.0631. The Labute approximate surface area is 126 Å². The van der Waals surface area contributed by atoms with Gasteiger partial charge in [-0.3, -0.25) is 4.79 Å². The van der Waals surface area contributed by atoms with Crippen molar-refractivity contribution in [2.45, 2.75) is 6.42 Å². The number of nitrogens with two attached hydrogens (primary N) is 1. The van der Waals surface area contributed by atoms with Crippen LogP contribution in [0, 0.1) is 0 Å². The van der Waals surface area contributed by atoms with Crippen LogP contribution in [0.25, 0.3) is 0 Å². The average molecular weight is 309 g/mol. The Kier molecular flexibility index (Phi) is 4.84. The second kappa shape index (κ2) is 6.60. The molecule has 3 N–H and O–H groups in total. The van der Waals surface area contributed by atoms with Gasteiger partial charge in [-0.05, 0) is 42.5 Å². The number of thiocarbonyl (C=S) groups is 1. The highest BCUT2D eigenvalue weighted by Gasteiger charge is 2.07. The van der Waals surface area contributed by atoms with Crippen molar-refractivity contribution < 1.29 is 4.79 Å². The summed E-state index contributed by atoms with van der Waals surface area (Å²) in [5.74, 6) is -0.0631. The maximum Gasteiger partial charge on any atom is 0.198 e. The van der Waals surface area contributed by atoms with Crippen molar-refractivity contribution in [2.24, 2.45) is 5.73 Å². The topological polar surface area (TPSA) is 72.9 Å². The monoisotopic (exact) mass is 308 g/mol. The van der Waals surface area contributed by atoms with Crippen LogP contribution in [0.15, 0.2) is 36.5 Å². The summed E-state index contributed by atoms with van der Waals surface area (Å²) in [4.78, 5) is 11.2. The minimum absolute atomic E-state index is 0.0142. The predicted molar refractivity (Wildman–Crippen MR) is 83.1 cm³/mol. The summed E-state index contributed by atoms with van der Waals surface area (Å²) in [5, 5.41) is 8.32. The SMILES string of the molecule is NCC(=O)Cc1ccn(C(=S)Nc2ccc(Cl)cc2)n1. The maximum atomic E-state index is 11.2. The summed E-state index contributed by atoms with van der Waals surface area (Å²) in [6.45, 7) is 0.0142. The van der Waals surface area contributed by atoms with Crippen LogP contribution in [0.3, 0.4) is 0 Å². The molecule has 0 radical (unpaired) electrons. The Morgan fingerprint density at radius 3 is 2.70 bits per heavy atom. The first-order chi connectivity index (χ1) is 9.58. The van der Waals surface area contributed by atoms with Crippen LogP contribution in [-0.4, -0.2) is 27.2 Å². The summed E-state index contributed by atoms with van der Waals surface area (Å²) in [6, 6.07) is 8.90. The van der Waals surface area contributed by atoms with Crippen molar-refractivity contribution in [3.63, 3.8) is 0 Å². The first-order valence-electron chi connectivity index (χ1n) is 5.91. The lowest BCUT2D eigenvalue weighted by atomic mass is 10.2. The van der Waals surface area contributed by atoms with Gasteiger partial charge >= 0.3 is 0 Å². The summed E-state index contributed by atoms with van der Waals surface area (Å²) in [5.41, 5.74) is 6.72. The largest absolute Gasteiger partial charge is 0.331 e. The molecule has 0 aliphatic heterocycles. The Morgan fingerprint density at radius 1 is 1.35 bits per heavy atom. The molecule has 0 spiro atoms. The molecule has 5 nitrogen and oxygen atoms in total. The zero-order valence-electron chi connectivity index (χ0n) is 10.5. The predicted octanol–water partition coefficient (Wildman–Crippen LogP) is 1.85. The fourth-order valence-corrected chi connectivity index (χ4v) is 1.90. The molecule has 0 saturated carbocycles. The van der Waals surface area contributed by atoms with Crippen LogP contribution in [0.5, 0.6) is 0 Å². The van der Waals surface area contributed by atoms with Crippen molar-refractivity contribution in [1.29, 1.82) is 0 Å². The Hall–Kier alpha value is -1.76. The van der Waals surface area contributed by atoms with Gasteiger partial charge in [0.05, 0.1) is 18.7 Å². The Morgan fingerprint density at radius 2 is 2.05 bits per heavy atom. The van der Waals surface area contributed by atoms with E-state index in [4.69, 9.17) is 29.6 Å². The van der Waals surface area contributed by atoms with Crippen molar-refractivity contribution in [3.05, 3.63) is 47.2 Å². The molecule has 1 heterocycles. The van der Waals surface area contributed by atoms with E-state index in [1.165, 1.54) is 4.68 Å². The molecule has 0 amide bonds. The maximum absolute atomic E-state index is 11.2. The van der Waals surface area contributed by atoms with E-state index in [9.17, 15) is 4.79 Å². The van der Waals surface area contributed by atoms with Gasteiger partial charge in [0.1, 0.15) is 0 Å². The first kappa shape index (κ1) is 14.6. The van der Waals surface area contributed by atoms with Crippen LogP contribution < -0.4 is 11.1 Å². The van der Waals surface area contributed by atoms with Gasteiger partial charge in [-0.25, -0.2) is 4.68 Å². The van der Waals surface area contributed by atoms with E-state index in [0.717, 1.165) is 5.69 Å². The van der Waals surface area contributed by atoms with Crippen LogP contribution in [0.4, 0.5) is 5.69 Å². The van der Waals surface area contributed by atoms with Crippen LogP contribution in [0.2, 0.25) is 5.02 Å². The summed E-state index contributed by atoms with van der Waals surface area (Å²) in [6.07, 6.45) is 1.91. The molecular formula is C13H13ClN4OS. The number of benzene rings is 1. The second-order valence-electron chi connectivity index (χ2n) is 4.11. The minimum Gasteiger partial charge on any atom is -0.331 e. The molecule has 0 atom stereocenters. The van der Waals surface area contributed by atoms with E-state index in [0.29, 0.717) is 15.8 Å². The zero-order chi connectivity index (χ0) is 14.5. The summed E-state index contributed by atoms with van der Waals surface area (Å²) < 4.78 is 1.50. The zero-order valence-corrected chi connectivity index (χ0v) is 12.1. The number of hydrogen-bond acceptors (Lipinski definition) is 4. The third-order valence-corrected chi connectivity index (χ3v) is 3.09. The van der Waals surface area contributed by atoms with E-state index in [1.807, 2.05) is 12.1 Å². The molecule has 0 unspecified atom stereocenters. The number of carbonyl (C=O) groups excluding carboxylic acids is 1. The highest BCUT2D eigenvalue weighted by atomic mass is 35.5. The molecule has 0 aliphatic carbocycles. The van der Waals surface area contributed by atoms with Gasteiger partial charge in [0.25, 0.3) is 0 Å². The summed E-state index contributed by atoms with van der Waals surface area (Å²) in [7, 11) is 0. The van der Waals surface area contributed by atoms with Crippen molar-refractivity contribution >= 4 is 40.4 Å². The number of ketones is 1. The molecule has 20 heavy (non-hydrogen) atoms. The molecule has 2 aromatic rings. The lowest BCUT2D eigenvalue weighted by Crippen LogP contribution is -2.20. The van der Waals surface area contributed by atoms with Crippen molar-refractivity contribution in [1.82, 2.24) is 9.78 Å². The highest BCUT2D eigenvalue weighted by molar-refractivity contribution is 7.80. The number of nitrogens with one attached hydrogen (secondary N) is 1. The van der Waals surface area contributed by atoms with Gasteiger partial charge in [-0.1, -0.05) is 11.6 Å². The molecule has 2 rings (SSSR count). The third-order valence-electron chi connectivity index (χ3n) is 2.55. The lowest BCUT2D eigenvalue weighted by Gasteiger charge is -2.07. The molecular weight excluding hydrogens is 296 g/mol. The van der Waals surface area contributed by atoms with E-state index in [-0.39, 0.29) is 18.7 Å². The Bertz CT molecular complexity index is 624. The molecule has 1 aromatic carbocycles. The standard InChI is InChI=1S/C13H13ClN4OS/c14-9-1-3-10(4-2-9)16-13(20)18-6-5-11(17-18)7-12(19)8-15/h1-6H,7-8,15H2,(H,16,20). The Balaban J connectivity index is 2.02. The molecule has 0 fully saturated rings. The number of anilines is 1. The number of aromatic nitrogens is 2. The van der Waals surface area contributed by atoms with Gasteiger partial charge in [0, 0.05) is 16.9 Å². The van der Waals surface area contributed by atoms with Crippen LogP contribution in [-0.2, 0) is 11.2 Å². The molecule has 0 aliphatic rings. The lowest BCUT2D eigenvalue weighted by molar-refractivity contribution is -0.117. The van der Waals surface area contributed by atoms with E-state index in [2.05, 4.69) is 10.4 Å². The number of rotatable bonds is 4. The second-order valence-corrected chi connectivity index (χ2v) is 4.93. The van der Waals surface area contributed by atoms with Crippen LogP contribution in [0.1, 0.15) is 5.69 Å². The van der Waals surface area contributed by atoms with E-state index < -0.39 is 0 Å². The van der Waals surface area contributed by atoms with E-state index in [1.54, 1.807) is 24.4 Å². The number of carbonyl (C=O) groups is 1. The average Bonchev–Trinajstić information content (AvgIpc) is 2.89. The van der Waals surface area contributed by atoms with E-state index >= 15 is 0 Å². The van der Waals surface area contributed by atoms with Gasteiger partial charge in [0.15, 0.2) is 10.9 Å². The van der Waals surface area contributed by atoms with Crippen LogP contribution >= 0.6 is 23.8 Å². The third kappa shape index (κ3) is 3.86. The number of nitrogens with zero attached hydrogens (tertiary/aromatic N) is 2. The van der Waals surface area contributed by atoms with Gasteiger partial charge in [0.2, 0.25) is 0 Å². The first-order valence-corrected chi connectivity index (χ1v) is 6.70. The number of hydrogen-bond donors (Lipinski definition) is 2. The smallest absolute Gasteiger partial charge is 0.198 e. The fourth-order valence-electron chi connectivity index (χ4n) is 1.56. The van der Waals surface area contributed by atoms with Gasteiger partial charge < -0.3 is 11.1 Å². The van der Waals surface area contributed by atoms with Crippen molar-refractivity contribution in [2.75, 3.05) is 11.9 Å². The molecule has 7 heteroatoms. The van der Waals surface area contributed by atoms with Gasteiger partial charge in [-0.2, -0.15) is 5.10 Å². The van der Waals surface area contributed by atoms with Crippen molar-refractivity contribution in [3.8, 4) is 0 Å². The fraction of sp³-hybridized carbons (Fsp3) is 0.154. The molecule has 104 valence electrons.